The summed E-state index contributed by atoms with van der Waals surface area (Å²) >= 11 is 0. The van der Waals surface area contributed by atoms with Crippen LogP contribution in [0.4, 0.5) is 0 Å². The van der Waals surface area contributed by atoms with Crippen LogP contribution >= 0.6 is 0 Å². The third kappa shape index (κ3) is 3.35. The van der Waals surface area contributed by atoms with Gasteiger partial charge < -0.3 is 10.6 Å². The van der Waals surface area contributed by atoms with Crippen LogP contribution in [0.2, 0.25) is 0 Å². The largest absolute Gasteiger partial charge is 0.329 e. The molecule has 1 atom stereocenters. The number of benzene rings is 1. The number of hydrogen-bond donors (Lipinski definition) is 1. The van der Waals surface area contributed by atoms with E-state index in [0.717, 1.165) is 19.6 Å². The van der Waals surface area contributed by atoms with Gasteiger partial charge in [0, 0.05) is 25.2 Å². The van der Waals surface area contributed by atoms with E-state index in [1.54, 1.807) is 0 Å². The molecular weight excluding hydrogens is 234 g/mol. The topological polar surface area (TPSA) is 32.5 Å². The molecule has 0 saturated carbocycles. The van der Waals surface area contributed by atoms with Crippen LogP contribution < -0.4 is 5.73 Å². The molecule has 106 valence electrons. The molecule has 3 nitrogen and oxygen atoms in total. The number of aryl methyl sites for hydroxylation is 1. The summed E-state index contributed by atoms with van der Waals surface area (Å²) in [5.41, 5.74) is 8.93. The average molecular weight is 261 g/mol. The lowest BCUT2D eigenvalue weighted by atomic mass is 9.87. The van der Waals surface area contributed by atoms with E-state index in [0.29, 0.717) is 0 Å². The maximum atomic E-state index is 6.11. The monoisotopic (exact) mass is 261 g/mol. The van der Waals surface area contributed by atoms with Gasteiger partial charge in [-0.15, -0.1) is 0 Å². The first kappa shape index (κ1) is 14.5. The van der Waals surface area contributed by atoms with Gasteiger partial charge in [0.25, 0.3) is 0 Å². The number of hydrogen-bond acceptors (Lipinski definition) is 3. The van der Waals surface area contributed by atoms with E-state index in [1.165, 1.54) is 30.5 Å². The van der Waals surface area contributed by atoms with Crippen molar-refractivity contribution < 1.29 is 0 Å². The van der Waals surface area contributed by atoms with Gasteiger partial charge >= 0.3 is 0 Å². The van der Waals surface area contributed by atoms with Crippen LogP contribution in [0, 0.1) is 6.92 Å². The van der Waals surface area contributed by atoms with E-state index < -0.39 is 0 Å². The molecular formula is C16H27N3. The maximum absolute atomic E-state index is 6.11. The van der Waals surface area contributed by atoms with E-state index >= 15 is 0 Å². The summed E-state index contributed by atoms with van der Waals surface area (Å²) in [4.78, 5) is 4.86. The van der Waals surface area contributed by atoms with Gasteiger partial charge in [-0.1, -0.05) is 29.8 Å². The summed E-state index contributed by atoms with van der Waals surface area (Å²) in [6.45, 7) is 6.11. The van der Waals surface area contributed by atoms with Gasteiger partial charge in [0.2, 0.25) is 0 Å². The first-order valence-electron chi connectivity index (χ1n) is 7.21. The third-order valence-electron chi connectivity index (χ3n) is 4.48. The summed E-state index contributed by atoms with van der Waals surface area (Å²) in [6.07, 6.45) is 2.45. The molecule has 1 saturated heterocycles. The third-order valence-corrected chi connectivity index (χ3v) is 4.48. The second-order valence-corrected chi connectivity index (χ2v) is 6.11. The molecule has 2 N–H and O–H groups in total. The van der Waals surface area contributed by atoms with Gasteiger partial charge in [0.05, 0.1) is 0 Å². The fourth-order valence-corrected chi connectivity index (χ4v) is 3.11. The molecule has 1 aromatic carbocycles. The molecule has 1 unspecified atom stereocenters. The van der Waals surface area contributed by atoms with Crippen LogP contribution in [0.25, 0.3) is 0 Å². The minimum Gasteiger partial charge on any atom is -0.329 e. The predicted octanol–water partition coefficient (Wildman–Crippen LogP) is 1.85. The van der Waals surface area contributed by atoms with E-state index in [1.807, 2.05) is 0 Å². The lowest BCUT2D eigenvalue weighted by molar-refractivity contribution is 0.0396. The molecule has 0 aromatic heterocycles. The quantitative estimate of drug-likeness (QED) is 0.898. The summed E-state index contributed by atoms with van der Waals surface area (Å²) < 4.78 is 0. The SMILES string of the molecule is Cc1ccc(CN(C)C2(CN)CCCN(C)C2)cc1. The Morgan fingerprint density at radius 2 is 2.00 bits per heavy atom. The Labute approximate surface area is 117 Å². The number of likely N-dealkylation sites (N-methyl/N-ethyl adjacent to an activating group) is 2. The lowest BCUT2D eigenvalue weighted by Gasteiger charge is -2.47. The van der Waals surface area contributed by atoms with Crippen molar-refractivity contribution in [1.82, 2.24) is 9.80 Å². The minimum atomic E-state index is 0.137. The highest BCUT2D eigenvalue weighted by atomic mass is 15.3. The maximum Gasteiger partial charge on any atom is 0.0459 e. The number of nitrogens with zero attached hydrogens (tertiary/aromatic N) is 2. The highest BCUT2D eigenvalue weighted by Gasteiger charge is 2.36. The molecule has 1 aromatic rings. The Morgan fingerprint density at radius 1 is 1.32 bits per heavy atom. The Kier molecular flexibility index (Phi) is 4.61. The number of piperidine rings is 1. The molecule has 0 amide bonds. The lowest BCUT2D eigenvalue weighted by Crippen LogP contribution is -2.60. The van der Waals surface area contributed by atoms with Crippen molar-refractivity contribution in [1.29, 1.82) is 0 Å². The van der Waals surface area contributed by atoms with E-state index in [9.17, 15) is 0 Å². The molecule has 1 fully saturated rings. The Morgan fingerprint density at radius 3 is 2.58 bits per heavy atom. The van der Waals surface area contributed by atoms with Crippen molar-refractivity contribution in [3.63, 3.8) is 0 Å². The van der Waals surface area contributed by atoms with Crippen molar-refractivity contribution in [2.75, 3.05) is 33.7 Å². The fourth-order valence-electron chi connectivity index (χ4n) is 3.11. The number of nitrogens with two attached hydrogens (primary N) is 1. The van der Waals surface area contributed by atoms with E-state index in [4.69, 9.17) is 5.73 Å². The molecule has 2 rings (SSSR count). The van der Waals surface area contributed by atoms with Crippen LogP contribution in [-0.4, -0.2) is 49.1 Å². The van der Waals surface area contributed by atoms with Crippen LogP contribution in [0.1, 0.15) is 24.0 Å². The summed E-state index contributed by atoms with van der Waals surface area (Å²) in [7, 11) is 4.41. The fraction of sp³-hybridized carbons (Fsp3) is 0.625. The molecule has 1 heterocycles. The summed E-state index contributed by atoms with van der Waals surface area (Å²) in [5.74, 6) is 0. The molecule has 3 heteroatoms. The van der Waals surface area contributed by atoms with Crippen LogP contribution in [0.5, 0.6) is 0 Å². The molecule has 19 heavy (non-hydrogen) atoms. The molecule has 0 aliphatic carbocycles. The Hall–Kier alpha value is -0.900. The predicted molar refractivity (Wildman–Crippen MR) is 81.2 cm³/mol. The number of rotatable bonds is 4. The normalized spacial score (nSPS) is 24.9. The van der Waals surface area contributed by atoms with Gasteiger partial charge in [-0.05, 0) is 46.0 Å². The van der Waals surface area contributed by atoms with E-state index in [2.05, 4.69) is 55.1 Å². The standard InChI is InChI=1S/C16H27N3/c1-14-5-7-15(8-6-14)11-19(3)16(12-17)9-4-10-18(2)13-16/h5-8H,4,9-13,17H2,1-3H3. The molecule has 1 aliphatic rings. The zero-order valence-electron chi connectivity index (χ0n) is 12.5. The van der Waals surface area contributed by atoms with Gasteiger partial charge in [0.15, 0.2) is 0 Å². The van der Waals surface area contributed by atoms with Gasteiger partial charge in [-0.3, -0.25) is 4.90 Å². The molecule has 0 spiro atoms. The molecule has 0 radical (unpaired) electrons. The van der Waals surface area contributed by atoms with Gasteiger partial charge in [-0.2, -0.15) is 0 Å². The smallest absolute Gasteiger partial charge is 0.0459 e. The Bertz CT molecular complexity index is 401. The van der Waals surface area contributed by atoms with Crippen LogP contribution in [0.3, 0.4) is 0 Å². The Balaban J connectivity index is 2.08. The molecule has 1 aliphatic heterocycles. The zero-order valence-corrected chi connectivity index (χ0v) is 12.5. The zero-order chi connectivity index (χ0) is 13.9. The van der Waals surface area contributed by atoms with Crippen molar-refractivity contribution in [2.24, 2.45) is 5.73 Å². The highest BCUT2D eigenvalue weighted by molar-refractivity contribution is 5.21. The van der Waals surface area contributed by atoms with Crippen molar-refractivity contribution in [2.45, 2.75) is 31.8 Å². The minimum absolute atomic E-state index is 0.137. The van der Waals surface area contributed by atoms with Crippen molar-refractivity contribution >= 4 is 0 Å². The highest BCUT2D eigenvalue weighted by Crippen LogP contribution is 2.26. The summed E-state index contributed by atoms with van der Waals surface area (Å²) in [6, 6.07) is 8.82. The van der Waals surface area contributed by atoms with E-state index in [-0.39, 0.29) is 5.54 Å². The van der Waals surface area contributed by atoms with Gasteiger partial charge in [-0.25, -0.2) is 0 Å². The second kappa shape index (κ2) is 6.04. The van der Waals surface area contributed by atoms with Gasteiger partial charge in [0.1, 0.15) is 0 Å². The van der Waals surface area contributed by atoms with Crippen molar-refractivity contribution in [3.8, 4) is 0 Å². The average Bonchev–Trinajstić information content (AvgIpc) is 2.41. The molecule has 0 bridgehead atoms. The second-order valence-electron chi connectivity index (χ2n) is 6.11. The summed E-state index contributed by atoms with van der Waals surface area (Å²) in [5, 5.41) is 0. The number of likely N-dealkylation sites (tertiary alicyclic amines) is 1. The van der Waals surface area contributed by atoms with Crippen LogP contribution in [0.15, 0.2) is 24.3 Å². The van der Waals surface area contributed by atoms with Crippen LogP contribution in [-0.2, 0) is 6.54 Å². The van der Waals surface area contributed by atoms with Crippen molar-refractivity contribution in [3.05, 3.63) is 35.4 Å². The first-order valence-corrected chi connectivity index (χ1v) is 7.21. The first-order chi connectivity index (χ1) is 9.05.